The molecular formula is C22H28N2O3. The fourth-order valence-electron chi connectivity index (χ4n) is 2.79. The second-order valence-corrected chi connectivity index (χ2v) is 6.82. The van der Waals surface area contributed by atoms with Crippen LogP contribution in [0.15, 0.2) is 48.5 Å². The predicted octanol–water partition coefficient (Wildman–Crippen LogP) is 3.32. The van der Waals surface area contributed by atoms with E-state index in [0.29, 0.717) is 18.2 Å². The minimum Gasteiger partial charge on any atom is -0.484 e. The lowest BCUT2D eigenvalue weighted by molar-refractivity contribution is -0.123. The molecule has 0 bridgehead atoms. The van der Waals surface area contributed by atoms with Gasteiger partial charge >= 0.3 is 0 Å². The van der Waals surface area contributed by atoms with Crippen LogP contribution in [-0.2, 0) is 16.1 Å². The van der Waals surface area contributed by atoms with Gasteiger partial charge in [-0.3, -0.25) is 9.59 Å². The lowest BCUT2D eigenvalue weighted by Gasteiger charge is -2.12. The van der Waals surface area contributed by atoms with Crippen LogP contribution in [0.25, 0.3) is 0 Å². The first-order valence-electron chi connectivity index (χ1n) is 9.26. The Morgan fingerprint density at radius 2 is 1.74 bits per heavy atom. The number of nitrogens with one attached hydrogen (secondary N) is 2. The second kappa shape index (κ2) is 10.4. The van der Waals surface area contributed by atoms with E-state index in [1.807, 2.05) is 55.5 Å². The van der Waals surface area contributed by atoms with Gasteiger partial charge in [0.1, 0.15) is 5.75 Å². The number of hydrogen-bond acceptors (Lipinski definition) is 3. The Morgan fingerprint density at radius 3 is 2.41 bits per heavy atom. The summed E-state index contributed by atoms with van der Waals surface area (Å²) in [6.07, 6.45) is 0.237. The van der Waals surface area contributed by atoms with Gasteiger partial charge in [0, 0.05) is 19.5 Å². The lowest BCUT2D eigenvalue weighted by Crippen LogP contribution is -2.33. The fourth-order valence-corrected chi connectivity index (χ4v) is 2.79. The smallest absolute Gasteiger partial charge is 0.257 e. The van der Waals surface area contributed by atoms with Crippen LogP contribution in [0.5, 0.6) is 5.75 Å². The molecule has 2 aromatic carbocycles. The third-order valence-corrected chi connectivity index (χ3v) is 4.24. The van der Waals surface area contributed by atoms with Crippen LogP contribution in [0.4, 0.5) is 0 Å². The van der Waals surface area contributed by atoms with Crippen LogP contribution in [0.1, 0.15) is 42.9 Å². The van der Waals surface area contributed by atoms with Gasteiger partial charge in [-0.05, 0) is 41.7 Å². The van der Waals surface area contributed by atoms with Crippen LogP contribution < -0.4 is 15.4 Å². The van der Waals surface area contributed by atoms with Gasteiger partial charge in [-0.2, -0.15) is 0 Å². The monoisotopic (exact) mass is 368 g/mol. The average molecular weight is 368 g/mol. The van der Waals surface area contributed by atoms with Crippen molar-refractivity contribution in [3.63, 3.8) is 0 Å². The lowest BCUT2D eigenvalue weighted by atomic mass is 9.98. The maximum absolute atomic E-state index is 11.9. The van der Waals surface area contributed by atoms with E-state index in [0.717, 1.165) is 11.1 Å². The first-order chi connectivity index (χ1) is 13.0. The molecule has 2 rings (SSSR count). The quantitative estimate of drug-likeness (QED) is 0.713. The van der Waals surface area contributed by atoms with Crippen molar-refractivity contribution in [3.05, 3.63) is 65.2 Å². The number of ether oxygens (including phenoxy) is 1. The van der Waals surface area contributed by atoms with Crippen molar-refractivity contribution in [1.82, 2.24) is 10.6 Å². The zero-order valence-electron chi connectivity index (χ0n) is 16.2. The highest BCUT2D eigenvalue weighted by Gasteiger charge is 2.08. The minimum absolute atomic E-state index is 0.0634. The summed E-state index contributed by atoms with van der Waals surface area (Å²) in [7, 11) is 0. The van der Waals surface area contributed by atoms with Crippen LogP contribution in [0.3, 0.4) is 0 Å². The summed E-state index contributed by atoms with van der Waals surface area (Å²) in [6.45, 7) is 7.04. The van der Waals surface area contributed by atoms with Crippen LogP contribution in [0.2, 0.25) is 0 Å². The molecule has 0 spiro atoms. The van der Waals surface area contributed by atoms with Crippen LogP contribution in [-0.4, -0.2) is 25.0 Å². The van der Waals surface area contributed by atoms with E-state index in [-0.39, 0.29) is 31.4 Å². The van der Waals surface area contributed by atoms with Gasteiger partial charge in [-0.1, -0.05) is 50.2 Å². The summed E-state index contributed by atoms with van der Waals surface area (Å²) in [5.41, 5.74) is 3.47. The maximum atomic E-state index is 11.9. The van der Waals surface area contributed by atoms with Gasteiger partial charge in [-0.15, -0.1) is 0 Å². The second-order valence-electron chi connectivity index (χ2n) is 6.82. The van der Waals surface area contributed by atoms with Crippen molar-refractivity contribution in [3.8, 4) is 5.75 Å². The normalized spacial score (nSPS) is 10.5. The number of hydrogen-bond donors (Lipinski definition) is 2. The Morgan fingerprint density at radius 1 is 1.00 bits per heavy atom. The maximum Gasteiger partial charge on any atom is 0.257 e. The first-order valence-corrected chi connectivity index (χ1v) is 9.26. The summed E-state index contributed by atoms with van der Waals surface area (Å²) in [5.74, 6) is 0.791. The number of benzene rings is 2. The van der Waals surface area contributed by atoms with E-state index in [1.54, 1.807) is 0 Å². The molecule has 2 N–H and O–H groups in total. The Balaban J connectivity index is 1.64. The summed E-state index contributed by atoms with van der Waals surface area (Å²) in [4.78, 5) is 23.7. The highest BCUT2D eigenvalue weighted by atomic mass is 16.5. The van der Waals surface area contributed by atoms with Gasteiger partial charge in [0.25, 0.3) is 5.91 Å². The van der Waals surface area contributed by atoms with Crippen molar-refractivity contribution in [2.75, 3.05) is 13.2 Å². The summed E-state index contributed by atoms with van der Waals surface area (Å²) in [6, 6.07) is 15.6. The molecule has 5 nitrogen and oxygen atoms in total. The highest BCUT2D eigenvalue weighted by molar-refractivity contribution is 5.79. The van der Waals surface area contributed by atoms with E-state index in [9.17, 15) is 9.59 Å². The Bertz CT molecular complexity index is 757. The third kappa shape index (κ3) is 7.13. The molecule has 27 heavy (non-hydrogen) atoms. The molecule has 0 aliphatic rings. The largest absolute Gasteiger partial charge is 0.484 e. The van der Waals surface area contributed by atoms with E-state index in [1.165, 1.54) is 5.56 Å². The Labute approximate surface area is 161 Å². The molecule has 0 saturated heterocycles. The molecule has 0 atom stereocenters. The zero-order chi connectivity index (χ0) is 19.6. The van der Waals surface area contributed by atoms with Crippen molar-refractivity contribution >= 4 is 11.8 Å². The number of rotatable bonds is 9. The average Bonchev–Trinajstić information content (AvgIpc) is 2.65. The molecule has 0 aliphatic carbocycles. The summed E-state index contributed by atoms with van der Waals surface area (Å²) in [5, 5.41) is 5.53. The van der Waals surface area contributed by atoms with E-state index >= 15 is 0 Å². The van der Waals surface area contributed by atoms with Gasteiger partial charge in [0.2, 0.25) is 5.91 Å². The van der Waals surface area contributed by atoms with E-state index in [4.69, 9.17) is 4.74 Å². The summed E-state index contributed by atoms with van der Waals surface area (Å²) >= 11 is 0. The number of carbonyl (C=O) groups excluding carboxylic acids is 2. The number of amides is 2. The molecule has 0 aromatic heterocycles. The zero-order valence-corrected chi connectivity index (χ0v) is 16.2. The molecule has 0 aliphatic heterocycles. The van der Waals surface area contributed by atoms with Gasteiger partial charge in [0.15, 0.2) is 6.61 Å². The predicted molar refractivity (Wildman–Crippen MR) is 107 cm³/mol. The van der Waals surface area contributed by atoms with E-state index in [2.05, 4.69) is 24.5 Å². The first kappa shape index (κ1) is 20.5. The topological polar surface area (TPSA) is 67.4 Å². The molecular weight excluding hydrogens is 340 g/mol. The van der Waals surface area contributed by atoms with Gasteiger partial charge < -0.3 is 15.4 Å². The Hall–Kier alpha value is -2.82. The van der Waals surface area contributed by atoms with Crippen molar-refractivity contribution in [2.24, 2.45) is 0 Å². The molecule has 2 amide bonds. The standard InChI is InChI=1S/C22H28N2O3/c1-16(2)20-10-9-19(13-17(20)3)27-15-22(26)23-12-11-21(25)24-14-18-7-5-4-6-8-18/h4-10,13,16H,11-12,14-15H2,1-3H3,(H,23,26)(H,24,25). The molecule has 0 unspecified atom stereocenters. The SMILES string of the molecule is Cc1cc(OCC(=O)NCCC(=O)NCc2ccccc2)ccc1C(C)C. The van der Waals surface area contributed by atoms with Crippen molar-refractivity contribution in [2.45, 2.75) is 39.7 Å². The molecule has 2 aromatic rings. The van der Waals surface area contributed by atoms with Gasteiger partial charge in [-0.25, -0.2) is 0 Å². The highest BCUT2D eigenvalue weighted by Crippen LogP contribution is 2.23. The van der Waals surface area contributed by atoms with Gasteiger partial charge in [0.05, 0.1) is 0 Å². The minimum atomic E-state index is -0.239. The van der Waals surface area contributed by atoms with Crippen molar-refractivity contribution < 1.29 is 14.3 Å². The molecule has 0 heterocycles. The molecule has 144 valence electrons. The Kier molecular flexibility index (Phi) is 7.86. The van der Waals surface area contributed by atoms with E-state index < -0.39 is 0 Å². The third-order valence-electron chi connectivity index (χ3n) is 4.24. The molecule has 0 fully saturated rings. The molecule has 0 radical (unpaired) electrons. The number of carbonyl (C=O) groups is 2. The fraction of sp³-hybridized carbons (Fsp3) is 0.364. The van der Waals surface area contributed by atoms with Crippen LogP contribution in [0, 0.1) is 6.92 Å². The molecule has 0 saturated carbocycles. The molecule has 5 heteroatoms. The van der Waals surface area contributed by atoms with Crippen LogP contribution >= 0.6 is 0 Å². The summed E-state index contributed by atoms with van der Waals surface area (Å²) < 4.78 is 5.53. The number of aryl methyl sites for hydroxylation is 1. The van der Waals surface area contributed by atoms with Crippen molar-refractivity contribution in [1.29, 1.82) is 0 Å².